The Kier molecular flexibility index (Phi) is 4.40. The van der Waals surface area contributed by atoms with Gasteiger partial charge >= 0.3 is 0 Å². The molecule has 2 rings (SSSR count). The van der Waals surface area contributed by atoms with Gasteiger partial charge in [0.15, 0.2) is 5.69 Å². The summed E-state index contributed by atoms with van der Waals surface area (Å²) in [5, 5.41) is 0. The van der Waals surface area contributed by atoms with Crippen LogP contribution in [-0.2, 0) is 0 Å². The van der Waals surface area contributed by atoms with Crippen molar-refractivity contribution >= 4 is 5.69 Å². The maximum absolute atomic E-state index is 5.94. The van der Waals surface area contributed by atoms with E-state index in [0.29, 0.717) is 35.7 Å². The highest BCUT2D eigenvalue weighted by Crippen LogP contribution is 2.31. The van der Waals surface area contributed by atoms with Gasteiger partial charge in [0.2, 0.25) is 11.8 Å². The van der Waals surface area contributed by atoms with Gasteiger partial charge in [0, 0.05) is 0 Å². The molecule has 0 aliphatic carbocycles. The molecule has 0 spiro atoms. The van der Waals surface area contributed by atoms with Crippen LogP contribution in [0.4, 0.5) is 5.69 Å². The van der Waals surface area contributed by atoms with Crippen LogP contribution < -0.4 is 15.2 Å². The van der Waals surface area contributed by atoms with Crippen LogP contribution >= 0.6 is 0 Å². The molecular formula is C15H19N3O2. The standard InChI is InChI=1S/C15H19N3O2/c1-4-19-14-13(16)15(18-9-17-14)20-12-7-5-6-11(8-12)10(2)3/h5-10H,4,16H2,1-3H3. The molecule has 20 heavy (non-hydrogen) atoms. The van der Waals surface area contributed by atoms with E-state index in [9.17, 15) is 0 Å². The van der Waals surface area contributed by atoms with Crippen molar-refractivity contribution in [2.24, 2.45) is 0 Å². The fourth-order valence-electron chi connectivity index (χ4n) is 1.75. The van der Waals surface area contributed by atoms with Crippen LogP contribution in [0.25, 0.3) is 0 Å². The van der Waals surface area contributed by atoms with Crippen LogP contribution in [0.1, 0.15) is 32.3 Å². The maximum atomic E-state index is 5.94. The Morgan fingerprint density at radius 1 is 1.20 bits per heavy atom. The predicted octanol–water partition coefficient (Wildman–Crippen LogP) is 3.37. The molecule has 1 aromatic heterocycles. The molecule has 5 nitrogen and oxygen atoms in total. The summed E-state index contributed by atoms with van der Waals surface area (Å²) in [5.41, 5.74) is 7.44. The Labute approximate surface area is 118 Å². The number of anilines is 1. The zero-order valence-electron chi connectivity index (χ0n) is 12.0. The molecular weight excluding hydrogens is 254 g/mol. The van der Waals surface area contributed by atoms with E-state index >= 15 is 0 Å². The number of aromatic nitrogens is 2. The summed E-state index contributed by atoms with van der Waals surface area (Å²) in [7, 11) is 0. The van der Waals surface area contributed by atoms with Crippen molar-refractivity contribution in [3.8, 4) is 17.5 Å². The van der Waals surface area contributed by atoms with E-state index in [4.69, 9.17) is 15.2 Å². The van der Waals surface area contributed by atoms with Crippen molar-refractivity contribution in [1.82, 2.24) is 9.97 Å². The van der Waals surface area contributed by atoms with E-state index in [1.54, 1.807) is 0 Å². The van der Waals surface area contributed by atoms with Gasteiger partial charge in [0.05, 0.1) is 6.61 Å². The van der Waals surface area contributed by atoms with Gasteiger partial charge in [-0.05, 0) is 30.5 Å². The molecule has 0 bridgehead atoms. The SMILES string of the molecule is CCOc1ncnc(Oc2cccc(C(C)C)c2)c1N. The minimum absolute atomic E-state index is 0.310. The molecule has 106 valence electrons. The van der Waals surface area contributed by atoms with E-state index in [0.717, 1.165) is 0 Å². The van der Waals surface area contributed by atoms with Gasteiger partial charge in [0.25, 0.3) is 0 Å². The highest BCUT2D eigenvalue weighted by Gasteiger charge is 2.11. The monoisotopic (exact) mass is 273 g/mol. The van der Waals surface area contributed by atoms with Crippen molar-refractivity contribution in [3.63, 3.8) is 0 Å². The molecule has 0 saturated carbocycles. The highest BCUT2D eigenvalue weighted by atomic mass is 16.5. The summed E-state index contributed by atoms with van der Waals surface area (Å²) in [6.07, 6.45) is 1.38. The van der Waals surface area contributed by atoms with Crippen molar-refractivity contribution in [2.45, 2.75) is 26.7 Å². The van der Waals surface area contributed by atoms with Crippen molar-refractivity contribution in [3.05, 3.63) is 36.2 Å². The van der Waals surface area contributed by atoms with Crippen molar-refractivity contribution < 1.29 is 9.47 Å². The van der Waals surface area contributed by atoms with E-state index in [1.807, 2.05) is 25.1 Å². The third-order valence-electron chi connectivity index (χ3n) is 2.83. The van der Waals surface area contributed by atoms with Crippen LogP contribution in [0.15, 0.2) is 30.6 Å². The largest absolute Gasteiger partial charge is 0.476 e. The molecule has 1 aromatic carbocycles. The Hall–Kier alpha value is -2.30. The lowest BCUT2D eigenvalue weighted by molar-refractivity contribution is 0.325. The molecule has 5 heteroatoms. The second-order valence-corrected chi connectivity index (χ2v) is 4.66. The number of ether oxygens (including phenoxy) is 2. The number of nitrogen functional groups attached to an aromatic ring is 1. The molecule has 0 atom stereocenters. The first-order valence-corrected chi connectivity index (χ1v) is 6.63. The molecule has 0 amide bonds. The van der Waals surface area contributed by atoms with E-state index in [-0.39, 0.29) is 0 Å². The fourth-order valence-corrected chi connectivity index (χ4v) is 1.75. The number of rotatable bonds is 5. The number of hydrogen-bond donors (Lipinski definition) is 1. The number of nitrogens with zero attached hydrogens (tertiary/aromatic N) is 2. The molecule has 0 aliphatic heterocycles. The van der Waals surface area contributed by atoms with Crippen molar-refractivity contribution in [2.75, 3.05) is 12.3 Å². The molecule has 0 aliphatic rings. The van der Waals surface area contributed by atoms with Gasteiger partial charge in [0.1, 0.15) is 12.1 Å². The highest BCUT2D eigenvalue weighted by molar-refractivity contribution is 5.56. The second-order valence-electron chi connectivity index (χ2n) is 4.66. The van der Waals surface area contributed by atoms with Crippen molar-refractivity contribution in [1.29, 1.82) is 0 Å². The molecule has 2 aromatic rings. The summed E-state index contributed by atoms with van der Waals surface area (Å²) >= 11 is 0. The quantitative estimate of drug-likeness (QED) is 0.904. The lowest BCUT2D eigenvalue weighted by atomic mass is 10.0. The Balaban J connectivity index is 2.26. The van der Waals surface area contributed by atoms with Gasteiger partial charge in [-0.2, -0.15) is 9.97 Å². The maximum Gasteiger partial charge on any atom is 0.249 e. The molecule has 2 N–H and O–H groups in total. The summed E-state index contributed by atoms with van der Waals surface area (Å²) in [6.45, 7) is 6.62. The Morgan fingerprint density at radius 2 is 1.95 bits per heavy atom. The zero-order valence-corrected chi connectivity index (χ0v) is 12.0. The van der Waals surface area contributed by atoms with Gasteiger partial charge in [-0.25, -0.2) is 0 Å². The third kappa shape index (κ3) is 3.17. The summed E-state index contributed by atoms with van der Waals surface area (Å²) in [4.78, 5) is 8.03. The first-order valence-electron chi connectivity index (χ1n) is 6.63. The average molecular weight is 273 g/mol. The summed E-state index contributed by atoms with van der Waals surface area (Å²) in [6, 6.07) is 7.86. The van der Waals surface area contributed by atoms with E-state index in [1.165, 1.54) is 11.9 Å². The predicted molar refractivity (Wildman–Crippen MR) is 78.2 cm³/mol. The first kappa shape index (κ1) is 14.1. The van der Waals surface area contributed by atoms with Gasteiger partial charge in [-0.15, -0.1) is 0 Å². The van der Waals surface area contributed by atoms with Crippen LogP contribution in [-0.4, -0.2) is 16.6 Å². The van der Waals surface area contributed by atoms with Gasteiger partial charge < -0.3 is 15.2 Å². The van der Waals surface area contributed by atoms with Gasteiger partial charge in [-0.3, -0.25) is 0 Å². The average Bonchev–Trinajstić information content (AvgIpc) is 2.44. The summed E-state index contributed by atoms with van der Waals surface area (Å²) in [5.74, 6) is 1.78. The molecule has 0 saturated heterocycles. The van der Waals surface area contributed by atoms with Crippen LogP contribution in [0, 0.1) is 0 Å². The topological polar surface area (TPSA) is 70.3 Å². The smallest absolute Gasteiger partial charge is 0.249 e. The number of benzene rings is 1. The molecule has 0 fully saturated rings. The Bertz CT molecular complexity index is 585. The summed E-state index contributed by atoms with van der Waals surface area (Å²) < 4.78 is 11.1. The van der Waals surface area contributed by atoms with Crippen LogP contribution in [0.2, 0.25) is 0 Å². The van der Waals surface area contributed by atoms with E-state index in [2.05, 4.69) is 29.9 Å². The third-order valence-corrected chi connectivity index (χ3v) is 2.83. The van der Waals surface area contributed by atoms with Crippen LogP contribution in [0.5, 0.6) is 17.5 Å². The van der Waals surface area contributed by atoms with Crippen LogP contribution in [0.3, 0.4) is 0 Å². The first-order chi connectivity index (χ1) is 9.61. The molecule has 0 unspecified atom stereocenters. The Morgan fingerprint density at radius 3 is 2.65 bits per heavy atom. The second kappa shape index (κ2) is 6.23. The van der Waals surface area contributed by atoms with Gasteiger partial charge in [-0.1, -0.05) is 26.0 Å². The molecule has 1 heterocycles. The lowest BCUT2D eigenvalue weighted by Crippen LogP contribution is -2.03. The number of nitrogens with two attached hydrogens (primary N) is 1. The lowest BCUT2D eigenvalue weighted by Gasteiger charge is -2.11. The molecule has 0 radical (unpaired) electrons. The zero-order chi connectivity index (χ0) is 14.5. The number of hydrogen-bond acceptors (Lipinski definition) is 5. The van der Waals surface area contributed by atoms with E-state index < -0.39 is 0 Å². The minimum atomic E-state index is 0.310. The fraction of sp³-hybridized carbons (Fsp3) is 0.333. The normalized spacial score (nSPS) is 10.6. The minimum Gasteiger partial charge on any atom is -0.476 e.